The Kier molecular flexibility index (Phi) is 4.90. The number of nitrogens with zero attached hydrogens (tertiary/aromatic N) is 2. The van der Waals surface area contributed by atoms with Gasteiger partial charge in [0.05, 0.1) is 12.1 Å². The van der Waals surface area contributed by atoms with Gasteiger partial charge in [0.1, 0.15) is 11.9 Å². The van der Waals surface area contributed by atoms with Crippen LogP contribution in [0.25, 0.3) is 0 Å². The van der Waals surface area contributed by atoms with E-state index in [1.54, 1.807) is 18.3 Å². The summed E-state index contributed by atoms with van der Waals surface area (Å²) in [6.07, 6.45) is 1.57. The molecule has 1 amide bonds. The molecule has 2 N–H and O–H groups in total. The average molecular weight is 345 g/mol. The number of nitriles is 1. The van der Waals surface area contributed by atoms with Crippen molar-refractivity contribution in [2.75, 3.05) is 17.2 Å². The van der Waals surface area contributed by atoms with Crippen molar-refractivity contribution >= 4 is 33.3 Å². The molecule has 106 valence electrons. The molecule has 0 aliphatic carbocycles. The van der Waals surface area contributed by atoms with E-state index in [1.165, 1.54) is 0 Å². The van der Waals surface area contributed by atoms with E-state index in [4.69, 9.17) is 5.26 Å². The minimum Gasteiger partial charge on any atom is -0.360 e. The van der Waals surface area contributed by atoms with Crippen LogP contribution < -0.4 is 10.6 Å². The number of carbonyl (C=O) groups excluding carboxylic acids is 1. The van der Waals surface area contributed by atoms with Crippen LogP contribution in [0.1, 0.15) is 11.1 Å². The normalized spacial score (nSPS) is 9.76. The van der Waals surface area contributed by atoms with Crippen LogP contribution in [0.3, 0.4) is 0 Å². The molecular formula is C15H13BrN4O. The number of benzene rings is 1. The quantitative estimate of drug-likeness (QED) is 0.893. The maximum absolute atomic E-state index is 11.9. The molecule has 1 aromatic heterocycles. The Labute approximate surface area is 131 Å². The van der Waals surface area contributed by atoms with Crippen molar-refractivity contribution in [1.29, 1.82) is 5.26 Å². The Morgan fingerprint density at radius 3 is 2.95 bits per heavy atom. The molecule has 0 aliphatic heterocycles. The summed E-state index contributed by atoms with van der Waals surface area (Å²) in [5.74, 6) is 0.206. The molecule has 0 fully saturated rings. The van der Waals surface area contributed by atoms with Crippen molar-refractivity contribution in [2.45, 2.75) is 6.92 Å². The Balaban J connectivity index is 1.98. The van der Waals surface area contributed by atoms with Gasteiger partial charge in [0.2, 0.25) is 5.91 Å². The van der Waals surface area contributed by atoms with Gasteiger partial charge in [-0.05, 0) is 42.8 Å². The molecule has 2 aromatic rings. The van der Waals surface area contributed by atoms with E-state index >= 15 is 0 Å². The maximum Gasteiger partial charge on any atom is 0.243 e. The third kappa shape index (κ3) is 4.04. The van der Waals surface area contributed by atoms with Crippen LogP contribution in [-0.2, 0) is 4.79 Å². The molecule has 1 heterocycles. The highest BCUT2D eigenvalue weighted by Crippen LogP contribution is 2.20. The van der Waals surface area contributed by atoms with E-state index in [1.807, 2.05) is 31.2 Å². The van der Waals surface area contributed by atoms with E-state index in [2.05, 4.69) is 31.5 Å². The largest absolute Gasteiger partial charge is 0.360 e. The lowest BCUT2D eigenvalue weighted by Gasteiger charge is -2.10. The molecule has 0 unspecified atom stereocenters. The number of nitrogens with one attached hydrogen (secondary N) is 2. The first-order chi connectivity index (χ1) is 10.1. The van der Waals surface area contributed by atoms with Gasteiger partial charge in [0.25, 0.3) is 0 Å². The summed E-state index contributed by atoms with van der Waals surface area (Å²) >= 11 is 3.38. The number of pyridine rings is 1. The molecule has 21 heavy (non-hydrogen) atoms. The molecule has 5 nitrogen and oxygen atoms in total. The second kappa shape index (κ2) is 6.86. The summed E-state index contributed by atoms with van der Waals surface area (Å²) in [4.78, 5) is 16.0. The van der Waals surface area contributed by atoms with Gasteiger partial charge < -0.3 is 10.6 Å². The fourth-order valence-corrected chi connectivity index (χ4v) is 2.24. The minimum absolute atomic E-state index is 0.0429. The molecular weight excluding hydrogens is 332 g/mol. The van der Waals surface area contributed by atoms with E-state index in [9.17, 15) is 4.79 Å². The molecule has 1 aromatic carbocycles. The molecule has 0 bridgehead atoms. The standard InChI is InChI=1S/C15H13BrN4O/c1-10-7-12(16)4-5-13(10)20-14(21)9-19-15-11(8-17)3-2-6-18-15/h2-7H,9H2,1H3,(H,18,19)(H,20,21). The van der Waals surface area contributed by atoms with Crippen molar-refractivity contribution in [1.82, 2.24) is 4.98 Å². The predicted molar refractivity (Wildman–Crippen MR) is 85.0 cm³/mol. The molecule has 0 radical (unpaired) electrons. The molecule has 0 saturated carbocycles. The molecule has 2 rings (SSSR count). The van der Waals surface area contributed by atoms with Crippen molar-refractivity contribution in [2.24, 2.45) is 0 Å². The van der Waals surface area contributed by atoms with Crippen LogP contribution in [0.5, 0.6) is 0 Å². The summed E-state index contributed by atoms with van der Waals surface area (Å²) < 4.78 is 0.961. The Bertz CT molecular complexity index is 709. The van der Waals surface area contributed by atoms with E-state index < -0.39 is 0 Å². The van der Waals surface area contributed by atoms with Gasteiger partial charge in [0, 0.05) is 16.4 Å². The maximum atomic E-state index is 11.9. The number of amides is 1. The van der Waals surface area contributed by atoms with Crippen LogP contribution in [0.2, 0.25) is 0 Å². The minimum atomic E-state index is -0.199. The van der Waals surface area contributed by atoms with Crippen molar-refractivity contribution in [3.63, 3.8) is 0 Å². The smallest absolute Gasteiger partial charge is 0.243 e. The van der Waals surface area contributed by atoms with Gasteiger partial charge in [-0.3, -0.25) is 4.79 Å². The predicted octanol–water partition coefficient (Wildman–Crippen LogP) is 3.07. The van der Waals surface area contributed by atoms with Crippen LogP contribution in [0, 0.1) is 18.3 Å². The van der Waals surface area contributed by atoms with Crippen molar-refractivity contribution in [3.05, 3.63) is 52.1 Å². The van der Waals surface area contributed by atoms with Crippen molar-refractivity contribution in [3.8, 4) is 6.07 Å². The summed E-state index contributed by atoms with van der Waals surface area (Å²) in [5, 5.41) is 14.6. The van der Waals surface area contributed by atoms with Gasteiger partial charge in [-0.25, -0.2) is 4.98 Å². The number of hydrogen-bond acceptors (Lipinski definition) is 4. The zero-order valence-corrected chi connectivity index (χ0v) is 12.9. The summed E-state index contributed by atoms with van der Waals surface area (Å²) in [7, 11) is 0. The van der Waals surface area contributed by atoms with E-state index in [-0.39, 0.29) is 12.5 Å². The zero-order valence-electron chi connectivity index (χ0n) is 11.4. The number of aryl methyl sites for hydroxylation is 1. The average Bonchev–Trinajstić information content (AvgIpc) is 2.48. The highest BCUT2D eigenvalue weighted by molar-refractivity contribution is 9.10. The zero-order chi connectivity index (χ0) is 15.2. The van der Waals surface area contributed by atoms with E-state index in [0.29, 0.717) is 11.4 Å². The number of anilines is 2. The lowest BCUT2D eigenvalue weighted by molar-refractivity contribution is -0.114. The third-order valence-corrected chi connectivity index (χ3v) is 3.30. The monoisotopic (exact) mass is 344 g/mol. The fraction of sp³-hybridized carbons (Fsp3) is 0.133. The van der Waals surface area contributed by atoms with Crippen LogP contribution in [-0.4, -0.2) is 17.4 Å². The summed E-state index contributed by atoms with van der Waals surface area (Å²) in [5.41, 5.74) is 2.13. The van der Waals surface area contributed by atoms with Crippen molar-refractivity contribution < 1.29 is 4.79 Å². The Morgan fingerprint density at radius 2 is 2.24 bits per heavy atom. The third-order valence-electron chi connectivity index (χ3n) is 2.81. The first kappa shape index (κ1) is 15.0. The molecule has 6 heteroatoms. The van der Waals surface area contributed by atoms with Crippen LogP contribution >= 0.6 is 15.9 Å². The summed E-state index contributed by atoms with van der Waals surface area (Å²) in [6.45, 7) is 1.96. The van der Waals surface area contributed by atoms with E-state index in [0.717, 1.165) is 15.7 Å². The SMILES string of the molecule is Cc1cc(Br)ccc1NC(=O)CNc1ncccc1C#N. The van der Waals surface area contributed by atoms with Gasteiger partial charge in [-0.1, -0.05) is 15.9 Å². The van der Waals surface area contributed by atoms with Gasteiger partial charge >= 0.3 is 0 Å². The highest BCUT2D eigenvalue weighted by atomic mass is 79.9. The van der Waals surface area contributed by atoms with Gasteiger partial charge in [-0.15, -0.1) is 0 Å². The first-order valence-electron chi connectivity index (χ1n) is 6.25. The first-order valence-corrected chi connectivity index (χ1v) is 7.04. The number of halogens is 1. The number of hydrogen-bond donors (Lipinski definition) is 2. The Hall–Kier alpha value is -2.39. The fourth-order valence-electron chi connectivity index (χ4n) is 1.76. The molecule has 0 atom stereocenters. The second-order valence-electron chi connectivity index (χ2n) is 4.37. The van der Waals surface area contributed by atoms with Gasteiger partial charge in [0.15, 0.2) is 0 Å². The highest BCUT2D eigenvalue weighted by Gasteiger charge is 2.07. The number of rotatable bonds is 4. The topological polar surface area (TPSA) is 77.8 Å². The molecule has 0 saturated heterocycles. The van der Waals surface area contributed by atoms with Gasteiger partial charge in [-0.2, -0.15) is 5.26 Å². The number of carbonyl (C=O) groups is 1. The lowest BCUT2D eigenvalue weighted by Crippen LogP contribution is -2.22. The summed E-state index contributed by atoms with van der Waals surface area (Å²) in [6, 6.07) is 11.0. The lowest BCUT2D eigenvalue weighted by atomic mass is 10.2. The van der Waals surface area contributed by atoms with Crippen LogP contribution in [0.15, 0.2) is 41.0 Å². The van der Waals surface area contributed by atoms with Crippen LogP contribution in [0.4, 0.5) is 11.5 Å². The number of aromatic nitrogens is 1. The second-order valence-corrected chi connectivity index (χ2v) is 5.29. The molecule has 0 spiro atoms. The molecule has 0 aliphatic rings. The Morgan fingerprint density at radius 1 is 1.43 bits per heavy atom.